The summed E-state index contributed by atoms with van der Waals surface area (Å²) in [6, 6.07) is 0. The minimum atomic E-state index is -0.310. The maximum atomic E-state index is 12.1. The van der Waals surface area contributed by atoms with Crippen LogP contribution in [0.4, 0.5) is 0 Å². The fourth-order valence-corrected chi connectivity index (χ4v) is 3.81. The third kappa shape index (κ3) is 8.30. The van der Waals surface area contributed by atoms with E-state index in [0.717, 1.165) is 25.7 Å². The quantitative estimate of drug-likeness (QED) is 0.276. The summed E-state index contributed by atoms with van der Waals surface area (Å²) in [5.41, 5.74) is 0. The third-order valence-corrected chi connectivity index (χ3v) is 5.39. The molecule has 1 rings (SSSR count). The Morgan fingerprint density at radius 2 is 1.71 bits per heavy atom. The van der Waals surface area contributed by atoms with E-state index in [1.165, 1.54) is 32.1 Å². The predicted octanol–water partition coefficient (Wildman–Crippen LogP) is 5.70. The number of esters is 1. The van der Waals surface area contributed by atoms with E-state index in [4.69, 9.17) is 4.74 Å². The first kappa shape index (κ1) is 21.2. The van der Waals surface area contributed by atoms with Crippen LogP contribution >= 0.6 is 0 Å². The standard InChI is InChI=1S/C21H38O3/c1-5-6-7-8-9-10-11-18(22)15-21(23)24-20-14-17(4)12-13-19(20)16(2)3/h16-17,19-20H,5-15H2,1-4H3/t17-,19+,20+/m1/s1. The van der Waals surface area contributed by atoms with Crippen molar-refractivity contribution in [3.63, 3.8) is 0 Å². The molecule has 1 aliphatic carbocycles. The number of unbranched alkanes of at least 4 members (excludes halogenated alkanes) is 5. The molecule has 0 spiro atoms. The Balaban J connectivity index is 2.27. The zero-order chi connectivity index (χ0) is 17.9. The van der Waals surface area contributed by atoms with Crippen LogP contribution in [-0.4, -0.2) is 17.9 Å². The molecule has 0 radical (unpaired) electrons. The first-order valence-electron chi connectivity index (χ1n) is 10.1. The Hall–Kier alpha value is -0.860. The van der Waals surface area contributed by atoms with Crippen LogP contribution in [0.25, 0.3) is 0 Å². The molecule has 1 fully saturated rings. The van der Waals surface area contributed by atoms with Gasteiger partial charge in [0.25, 0.3) is 0 Å². The van der Waals surface area contributed by atoms with Gasteiger partial charge in [-0.25, -0.2) is 0 Å². The summed E-state index contributed by atoms with van der Waals surface area (Å²) in [5, 5.41) is 0. The smallest absolute Gasteiger partial charge is 0.313 e. The second kappa shape index (κ2) is 11.7. The van der Waals surface area contributed by atoms with Crippen LogP contribution in [0.15, 0.2) is 0 Å². The number of ether oxygens (including phenoxy) is 1. The molecule has 0 N–H and O–H groups in total. The Morgan fingerprint density at radius 3 is 2.38 bits per heavy atom. The molecule has 0 aromatic rings. The summed E-state index contributed by atoms with van der Waals surface area (Å²) >= 11 is 0. The van der Waals surface area contributed by atoms with Crippen molar-refractivity contribution in [2.75, 3.05) is 0 Å². The van der Waals surface area contributed by atoms with Crippen molar-refractivity contribution in [1.82, 2.24) is 0 Å². The Bertz CT molecular complexity index is 375. The monoisotopic (exact) mass is 338 g/mol. The molecule has 0 aromatic heterocycles. The summed E-state index contributed by atoms with van der Waals surface area (Å²) in [6.07, 6.45) is 10.7. The van der Waals surface area contributed by atoms with Crippen LogP contribution in [0.5, 0.6) is 0 Å². The van der Waals surface area contributed by atoms with Crippen molar-refractivity contribution in [3.8, 4) is 0 Å². The van der Waals surface area contributed by atoms with E-state index >= 15 is 0 Å². The lowest BCUT2D eigenvalue weighted by atomic mass is 9.75. The number of hydrogen-bond donors (Lipinski definition) is 0. The molecular weight excluding hydrogens is 300 g/mol. The van der Waals surface area contributed by atoms with Crippen molar-refractivity contribution in [2.24, 2.45) is 17.8 Å². The zero-order valence-electron chi connectivity index (χ0n) is 16.3. The van der Waals surface area contributed by atoms with Gasteiger partial charge in [0.05, 0.1) is 0 Å². The van der Waals surface area contributed by atoms with Gasteiger partial charge in [-0.15, -0.1) is 0 Å². The molecule has 0 amide bonds. The maximum absolute atomic E-state index is 12.1. The first-order valence-corrected chi connectivity index (χ1v) is 10.1. The van der Waals surface area contributed by atoms with Crippen molar-refractivity contribution in [3.05, 3.63) is 0 Å². The Morgan fingerprint density at radius 1 is 1.04 bits per heavy atom. The average Bonchev–Trinajstić information content (AvgIpc) is 2.50. The van der Waals surface area contributed by atoms with Gasteiger partial charge in [0.2, 0.25) is 0 Å². The number of hydrogen-bond acceptors (Lipinski definition) is 3. The van der Waals surface area contributed by atoms with Gasteiger partial charge in [0, 0.05) is 6.42 Å². The summed E-state index contributed by atoms with van der Waals surface area (Å²) in [7, 11) is 0. The van der Waals surface area contributed by atoms with Gasteiger partial charge in [-0.2, -0.15) is 0 Å². The highest BCUT2D eigenvalue weighted by Crippen LogP contribution is 2.35. The van der Waals surface area contributed by atoms with Gasteiger partial charge in [-0.1, -0.05) is 66.2 Å². The summed E-state index contributed by atoms with van der Waals surface area (Å²) in [4.78, 5) is 24.1. The molecule has 0 heterocycles. The van der Waals surface area contributed by atoms with E-state index in [-0.39, 0.29) is 24.3 Å². The van der Waals surface area contributed by atoms with Crippen molar-refractivity contribution in [2.45, 2.75) is 104 Å². The molecule has 3 atom stereocenters. The first-order chi connectivity index (χ1) is 11.4. The van der Waals surface area contributed by atoms with E-state index in [1.54, 1.807) is 0 Å². The van der Waals surface area contributed by atoms with Gasteiger partial charge >= 0.3 is 5.97 Å². The average molecular weight is 339 g/mol. The number of rotatable bonds is 11. The minimum absolute atomic E-state index is 0.00286. The molecule has 3 nitrogen and oxygen atoms in total. The van der Waals surface area contributed by atoms with Crippen LogP contribution in [0.2, 0.25) is 0 Å². The normalized spacial score (nSPS) is 24.1. The minimum Gasteiger partial charge on any atom is -0.462 e. The van der Waals surface area contributed by atoms with Crippen LogP contribution in [-0.2, 0) is 14.3 Å². The maximum Gasteiger partial charge on any atom is 0.313 e. The third-order valence-electron chi connectivity index (χ3n) is 5.39. The second-order valence-corrected chi connectivity index (χ2v) is 8.09. The highest BCUT2D eigenvalue weighted by atomic mass is 16.5. The molecule has 0 aromatic carbocycles. The number of carbonyl (C=O) groups is 2. The van der Waals surface area contributed by atoms with Gasteiger partial charge in [0.15, 0.2) is 0 Å². The van der Waals surface area contributed by atoms with Crippen LogP contribution < -0.4 is 0 Å². The lowest BCUT2D eigenvalue weighted by Crippen LogP contribution is -2.36. The van der Waals surface area contributed by atoms with Crippen molar-refractivity contribution < 1.29 is 14.3 Å². The lowest BCUT2D eigenvalue weighted by molar-refractivity contribution is -0.157. The molecule has 24 heavy (non-hydrogen) atoms. The number of ketones is 1. The van der Waals surface area contributed by atoms with E-state index in [1.807, 2.05) is 0 Å². The SMILES string of the molecule is CCCCCCCCC(=O)CC(=O)O[C@H]1C[C@H](C)CC[C@H]1C(C)C. The van der Waals surface area contributed by atoms with Crippen LogP contribution in [0.3, 0.4) is 0 Å². The summed E-state index contributed by atoms with van der Waals surface area (Å²) in [5.74, 6) is 1.31. The Labute approximate surface area is 148 Å². The van der Waals surface area contributed by atoms with Gasteiger partial charge < -0.3 is 4.74 Å². The van der Waals surface area contributed by atoms with Crippen LogP contribution in [0, 0.1) is 17.8 Å². The molecule has 1 saturated carbocycles. The van der Waals surface area contributed by atoms with Gasteiger partial charge in [-0.05, 0) is 37.0 Å². The van der Waals surface area contributed by atoms with Crippen LogP contribution in [0.1, 0.15) is 98.3 Å². The van der Waals surface area contributed by atoms with Gasteiger partial charge in [0.1, 0.15) is 18.3 Å². The predicted molar refractivity (Wildman–Crippen MR) is 98.8 cm³/mol. The fourth-order valence-electron chi connectivity index (χ4n) is 3.81. The molecule has 0 saturated heterocycles. The van der Waals surface area contributed by atoms with Gasteiger partial charge in [-0.3, -0.25) is 9.59 Å². The van der Waals surface area contributed by atoms with E-state index < -0.39 is 0 Å². The topological polar surface area (TPSA) is 43.4 Å². The summed E-state index contributed by atoms with van der Waals surface area (Å²) < 4.78 is 5.71. The Kier molecular flexibility index (Phi) is 10.3. The molecule has 0 bridgehead atoms. The molecule has 140 valence electrons. The number of carbonyl (C=O) groups excluding carboxylic acids is 2. The molecular formula is C21H38O3. The van der Waals surface area contributed by atoms with Crippen molar-refractivity contribution in [1.29, 1.82) is 0 Å². The second-order valence-electron chi connectivity index (χ2n) is 8.09. The highest BCUT2D eigenvalue weighted by molar-refractivity contribution is 5.95. The van der Waals surface area contributed by atoms with E-state index in [2.05, 4.69) is 27.7 Å². The largest absolute Gasteiger partial charge is 0.462 e. The fraction of sp³-hybridized carbons (Fsp3) is 0.905. The molecule has 0 unspecified atom stereocenters. The molecule has 3 heteroatoms. The number of Topliss-reactive ketones (excluding diaryl/α,β-unsaturated/α-hetero) is 1. The zero-order valence-corrected chi connectivity index (χ0v) is 16.3. The molecule has 0 aliphatic heterocycles. The van der Waals surface area contributed by atoms with E-state index in [0.29, 0.717) is 24.2 Å². The highest BCUT2D eigenvalue weighted by Gasteiger charge is 2.33. The van der Waals surface area contributed by atoms with Crippen molar-refractivity contribution >= 4 is 11.8 Å². The summed E-state index contributed by atoms with van der Waals surface area (Å²) in [6.45, 7) is 8.82. The lowest BCUT2D eigenvalue weighted by Gasteiger charge is -2.36. The van der Waals surface area contributed by atoms with E-state index in [9.17, 15) is 9.59 Å². The molecule has 1 aliphatic rings.